The maximum atomic E-state index is 12.0. The lowest BCUT2D eigenvalue weighted by molar-refractivity contribution is -0.119. The molecular weight excluding hydrogens is 268 g/mol. The molecule has 5 nitrogen and oxygen atoms in total. The van der Waals surface area contributed by atoms with Crippen LogP contribution in [0.5, 0.6) is 0 Å². The van der Waals surface area contributed by atoms with E-state index in [-0.39, 0.29) is 17.4 Å². The number of amides is 1. The summed E-state index contributed by atoms with van der Waals surface area (Å²) in [4.78, 5) is 25.0. The third-order valence-electron chi connectivity index (χ3n) is 3.23. The number of benzene rings is 1. The molecule has 102 valence electrons. The van der Waals surface area contributed by atoms with Gasteiger partial charge in [-0.1, -0.05) is 11.6 Å². The second kappa shape index (κ2) is 5.59. The van der Waals surface area contributed by atoms with Gasteiger partial charge >= 0.3 is 5.97 Å². The number of carbonyl (C=O) groups excluding carboxylic acids is 1. The van der Waals surface area contributed by atoms with E-state index >= 15 is 0 Å². The normalized spacial score (nSPS) is 19.4. The van der Waals surface area contributed by atoms with Gasteiger partial charge in [0.15, 0.2) is 0 Å². The van der Waals surface area contributed by atoms with Crippen molar-refractivity contribution in [3.05, 3.63) is 28.8 Å². The number of aromatic carboxylic acids is 1. The molecular formula is C13H15ClN2O3. The van der Waals surface area contributed by atoms with Crippen molar-refractivity contribution >= 4 is 29.2 Å². The molecule has 0 bridgehead atoms. The van der Waals surface area contributed by atoms with Crippen LogP contribution in [0.1, 0.15) is 16.8 Å². The average Bonchev–Trinajstić information content (AvgIpc) is 2.78. The highest BCUT2D eigenvalue weighted by Gasteiger charge is 2.26. The number of carbonyl (C=O) groups is 2. The first kappa shape index (κ1) is 13.8. The molecule has 0 radical (unpaired) electrons. The maximum absolute atomic E-state index is 12.0. The van der Waals surface area contributed by atoms with Crippen LogP contribution in [0.15, 0.2) is 18.2 Å². The van der Waals surface area contributed by atoms with Crippen molar-refractivity contribution in [3.63, 3.8) is 0 Å². The van der Waals surface area contributed by atoms with Crippen molar-refractivity contribution in [2.75, 3.05) is 25.5 Å². The summed E-state index contributed by atoms with van der Waals surface area (Å²) in [5, 5.41) is 12.0. The largest absolute Gasteiger partial charge is 0.478 e. The molecule has 1 fully saturated rings. The van der Waals surface area contributed by atoms with Crippen molar-refractivity contribution in [2.45, 2.75) is 6.42 Å². The zero-order valence-corrected chi connectivity index (χ0v) is 11.3. The highest BCUT2D eigenvalue weighted by Crippen LogP contribution is 2.25. The molecule has 1 aromatic rings. The van der Waals surface area contributed by atoms with Gasteiger partial charge < -0.3 is 15.3 Å². The van der Waals surface area contributed by atoms with Gasteiger partial charge in [0.1, 0.15) is 0 Å². The molecule has 1 amide bonds. The van der Waals surface area contributed by atoms with Crippen molar-refractivity contribution in [3.8, 4) is 0 Å². The minimum Gasteiger partial charge on any atom is -0.478 e. The highest BCUT2D eigenvalue weighted by atomic mass is 35.5. The Morgan fingerprint density at radius 2 is 2.21 bits per heavy atom. The Labute approximate surface area is 116 Å². The summed E-state index contributed by atoms with van der Waals surface area (Å²) in [6.07, 6.45) is 0.804. The number of hydrogen-bond donors (Lipinski definition) is 2. The van der Waals surface area contributed by atoms with Gasteiger partial charge in [-0.2, -0.15) is 0 Å². The fourth-order valence-corrected chi connectivity index (χ4v) is 2.30. The van der Waals surface area contributed by atoms with Crippen molar-refractivity contribution in [1.29, 1.82) is 0 Å². The standard InChI is InChI=1S/C13H15ClN2O3/c1-16-5-4-9(7-16)12(17)15-11-6-8(13(18)19)2-3-10(11)14/h2-3,6,9H,4-5,7H2,1H3,(H,15,17)(H,18,19). The average molecular weight is 283 g/mol. The molecule has 1 saturated heterocycles. The van der Waals surface area contributed by atoms with Gasteiger partial charge in [0.2, 0.25) is 5.91 Å². The first-order valence-corrected chi connectivity index (χ1v) is 6.37. The quantitative estimate of drug-likeness (QED) is 0.889. The van der Waals surface area contributed by atoms with E-state index in [9.17, 15) is 9.59 Å². The molecule has 19 heavy (non-hydrogen) atoms. The summed E-state index contributed by atoms with van der Waals surface area (Å²) in [5.41, 5.74) is 0.448. The molecule has 1 atom stereocenters. The lowest BCUT2D eigenvalue weighted by Gasteiger charge is -2.12. The molecule has 0 saturated carbocycles. The first-order valence-electron chi connectivity index (χ1n) is 5.99. The molecule has 6 heteroatoms. The Kier molecular flexibility index (Phi) is 4.07. The van der Waals surface area contributed by atoms with Crippen LogP contribution in [0.25, 0.3) is 0 Å². The lowest BCUT2D eigenvalue weighted by atomic mass is 10.1. The second-order valence-electron chi connectivity index (χ2n) is 4.74. The van der Waals surface area contributed by atoms with E-state index in [1.807, 2.05) is 7.05 Å². The summed E-state index contributed by atoms with van der Waals surface area (Å²) in [5.74, 6) is -1.24. The van der Waals surface area contributed by atoms with Gasteiger partial charge in [0.05, 0.1) is 22.2 Å². The molecule has 2 N–H and O–H groups in total. The number of carboxylic acid groups (broad SMARTS) is 1. The van der Waals surface area contributed by atoms with Crippen LogP contribution in [-0.4, -0.2) is 42.0 Å². The molecule has 1 aliphatic rings. The zero-order chi connectivity index (χ0) is 14.0. The van der Waals surface area contributed by atoms with E-state index in [2.05, 4.69) is 10.2 Å². The van der Waals surface area contributed by atoms with Crippen LogP contribution in [0.3, 0.4) is 0 Å². The zero-order valence-electron chi connectivity index (χ0n) is 10.5. The van der Waals surface area contributed by atoms with E-state index in [4.69, 9.17) is 16.7 Å². The van der Waals surface area contributed by atoms with Gasteiger partial charge in [0.25, 0.3) is 0 Å². The summed E-state index contributed by atoms with van der Waals surface area (Å²) in [6, 6.07) is 4.26. The third-order valence-corrected chi connectivity index (χ3v) is 3.56. The monoisotopic (exact) mass is 282 g/mol. The SMILES string of the molecule is CN1CCC(C(=O)Nc2cc(C(=O)O)ccc2Cl)C1. The molecule has 0 spiro atoms. The number of rotatable bonds is 3. The minimum absolute atomic E-state index is 0.0745. The molecule has 1 heterocycles. The molecule has 0 aromatic heterocycles. The van der Waals surface area contributed by atoms with Gasteiger partial charge in [-0.25, -0.2) is 4.79 Å². The molecule has 1 aromatic carbocycles. The number of halogens is 1. The molecule has 1 aliphatic heterocycles. The fraction of sp³-hybridized carbons (Fsp3) is 0.385. The Hall–Kier alpha value is -1.59. The van der Waals surface area contributed by atoms with Crippen molar-refractivity contribution in [1.82, 2.24) is 4.90 Å². The third kappa shape index (κ3) is 3.24. The molecule has 2 rings (SSSR count). The van der Waals surface area contributed by atoms with E-state index in [1.54, 1.807) is 0 Å². The number of nitrogens with one attached hydrogen (secondary N) is 1. The van der Waals surface area contributed by atoms with Crippen LogP contribution >= 0.6 is 11.6 Å². The van der Waals surface area contributed by atoms with Gasteiger partial charge in [-0.3, -0.25) is 4.79 Å². The predicted octanol–water partition coefficient (Wildman–Crippen LogP) is 1.93. The summed E-state index contributed by atoms with van der Waals surface area (Å²) < 4.78 is 0. The Bertz CT molecular complexity index is 519. The number of anilines is 1. The van der Waals surface area contributed by atoms with Gasteiger partial charge in [0, 0.05) is 6.54 Å². The fourth-order valence-electron chi connectivity index (χ4n) is 2.14. The smallest absolute Gasteiger partial charge is 0.335 e. The van der Waals surface area contributed by atoms with Crippen LogP contribution in [0, 0.1) is 5.92 Å². The highest BCUT2D eigenvalue weighted by molar-refractivity contribution is 6.33. The number of likely N-dealkylation sites (tertiary alicyclic amines) is 1. The van der Waals surface area contributed by atoms with E-state index in [1.165, 1.54) is 18.2 Å². The lowest BCUT2D eigenvalue weighted by Crippen LogP contribution is -2.25. The Morgan fingerprint density at radius 1 is 1.47 bits per heavy atom. The van der Waals surface area contributed by atoms with E-state index < -0.39 is 5.97 Å². The number of carboxylic acids is 1. The van der Waals surface area contributed by atoms with Crippen LogP contribution < -0.4 is 5.32 Å². The number of nitrogens with zero attached hydrogens (tertiary/aromatic N) is 1. The summed E-state index contributed by atoms with van der Waals surface area (Å²) >= 11 is 5.96. The summed E-state index contributed by atoms with van der Waals surface area (Å²) in [6.45, 7) is 1.60. The van der Waals surface area contributed by atoms with Crippen molar-refractivity contribution < 1.29 is 14.7 Å². The van der Waals surface area contributed by atoms with Crippen LogP contribution in [-0.2, 0) is 4.79 Å². The minimum atomic E-state index is -1.05. The topological polar surface area (TPSA) is 69.6 Å². The Balaban J connectivity index is 2.12. The van der Waals surface area contributed by atoms with Crippen LogP contribution in [0.2, 0.25) is 5.02 Å². The molecule has 1 unspecified atom stereocenters. The van der Waals surface area contributed by atoms with Crippen molar-refractivity contribution in [2.24, 2.45) is 5.92 Å². The molecule has 0 aliphatic carbocycles. The summed E-state index contributed by atoms with van der Waals surface area (Å²) in [7, 11) is 1.96. The number of hydrogen-bond acceptors (Lipinski definition) is 3. The second-order valence-corrected chi connectivity index (χ2v) is 5.14. The predicted molar refractivity (Wildman–Crippen MR) is 72.6 cm³/mol. The van der Waals surface area contributed by atoms with E-state index in [0.29, 0.717) is 17.3 Å². The van der Waals surface area contributed by atoms with Gasteiger partial charge in [-0.15, -0.1) is 0 Å². The maximum Gasteiger partial charge on any atom is 0.335 e. The first-order chi connectivity index (χ1) is 8.97. The van der Waals surface area contributed by atoms with Gasteiger partial charge in [-0.05, 0) is 38.2 Å². The van der Waals surface area contributed by atoms with Crippen LogP contribution in [0.4, 0.5) is 5.69 Å². The van der Waals surface area contributed by atoms with E-state index in [0.717, 1.165) is 13.0 Å². The Morgan fingerprint density at radius 3 is 2.79 bits per heavy atom.